The Morgan fingerprint density at radius 2 is 1.18 bits per heavy atom. The van der Waals surface area contributed by atoms with Crippen molar-refractivity contribution in [2.45, 2.75) is 52.4 Å². The maximum atomic E-state index is 11.0. The van der Waals surface area contributed by atoms with Gasteiger partial charge in [-0.05, 0) is 34.1 Å². The molecule has 1 aromatic rings. The molecule has 0 fully saturated rings. The van der Waals surface area contributed by atoms with Gasteiger partial charge in [-0.15, -0.1) is 0 Å². The fraction of sp³-hybridized carbons (Fsp3) is 0.533. The smallest absolute Gasteiger partial charge is 0.242 e. The molecule has 2 nitrogen and oxygen atoms in total. The minimum absolute atomic E-state index is 0.0640. The van der Waals surface area contributed by atoms with E-state index in [0.29, 0.717) is 0 Å². The third-order valence-electron chi connectivity index (χ3n) is 2.90. The van der Waals surface area contributed by atoms with Gasteiger partial charge in [0.05, 0.1) is 5.56 Å². The van der Waals surface area contributed by atoms with Crippen LogP contribution in [-0.2, 0) is 15.9 Å². The Morgan fingerprint density at radius 1 is 0.824 bits per heavy atom. The molecule has 0 heterocycles. The average molecular weight is 233 g/mol. The van der Waals surface area contributed by atoms with Crippen molar-refractivity contribution in [1.82, 2.24) is 0 Å². The van der Waals surface area contributed by atoms with E-state index in [1.165, 1.54) is 0 Å². The summed E-state index contributed by atoms with van der Waals surface area (Å²) in [4.78, 5) is 11.0. The van der Waals surface area contributed by atoms with Gasteiger partial charge in [-0.25, -0.2) is 9.90 Å². The number of rotatable bonds is 1. The Bertz CT molecular complexity index is 399. The van der Waals surface area contributed by atoms with E-state index < -0.39 is 5.97 Å². The first kappa shape index (κ1) is 13.8. The van der Waals surface area contributed by atoms with E-state index in [1.807, 2.05) is 0 Å². The molecular formula is C15H21O2. The van der Waals surface area contributed by atoms with Crippen LogP contribution in [0, 0.1) is 0 Å². The van der Waals surface area contributed by atoms with Crippen LogP contribution < -0.4 is 0 Å². The summed E-state index contributed by atoms with van der Waals surface area (Å²) in [5, 5.41) is 11.0. The monoisotopic (exact) mass is 233 g/mol. The van der Waals surface area contributed by atoms with Crippen LogP contribution in [0.4, 0.5) is 0 Å². The van der Waals surface area contributed by atoms with Crippen molar-refractivity contribution in [2.24, 2.45) is 0 Å². The number of benzene rings is 1. The maximum Gasteiger partial charge on any atom is 0.386 e. The number of hydrogen-bond acceptors (Lipinski definition) is 1. The van der Waals surface area contributed by atoms with E-state index >= 15 is 0 Å². The van der Waals surface area contributed by atoms with Crippen LogP contribution in [0.25, 0.3) is 0 Å². The molecular weight excluding hydrogens is 212 g/mol. The lowest BCUT2D eigenvalue weighted by atomic mass is 9.79. The molecule has 1 rings (SSSR count). The molecule has 0 N–H and O–H groups in total. The molecule has 0 saturated carbocycles. The van der Waals surface area contributed by atoms with Gasteiger partial charge in [0.1, 0.15) is 0 Å². The molecule has 0 aromatic heterocycles. The molecule has 1 radical (unpaired) electrons. The van der Waals surface area contributed by atoms with E-state index in [0.717, 1.165) is 11.1 Å². The van der Waals surface area contributed by atoms with Gasteiger partial charge in [0.15, 0.2) is 0 Å². The van der Waals surface area contributed by atoms with Gasteiger partial charge in [0, 0.05) is 0 Å². The second kappa shape index (κ2) is 4.17. The molecule has 0 aliphatic heterocycles. The van der Waals surface area contributed by atoms with E-state index in [2.05, 4.69) is 47.6 Å². The van der Waals surface area contributed by atoms with Gasteiger partial charge in [-0.2, -0.15) is 0 Å². The molecule has 0 aliphatic rings. The summed E-state index contributed by atoms with van der Waals surface area (Å²) in [6.07, 6.45) is 0. The van der Waals surface area contributed by atoms with Crippen molar-refractivity contribution in [1.29, 1.82) is 0 Å². The highest BCUT2D eigenvalue weighted by Crippen LogP contribution is 2.30. The van der Waals surface area contributed by atoms with Crippen molar-refractivity contribution >= 4 is 5.97 Å². The summed E-state index contributed by atoms with van der Waals surface area (Å²) in [6.45, 7) is 12.5. The lowest BCUT2D eigenvalue weighted by Crippen LogP contribution is -2.17. The van der Waals surface area contributed by atoms with Crippen LogP contribution >= 0.6 is 0 Å². The van der Waals surface area contributed by atoms with Crippen LogP contribution in [0.5, 0.6) is 0 Å². The Balaban J connectivity index is 3.45. The summed E-state index contributed by atoms with van der Waals surface area (Å²) in [5.74, 6) is -1.11. The minimum atomic E-state index is -1.11. The topological polar surface area (TPSA) is 37.0 Å². The van der Waals surface area contributed by atoms with Gasteiger partial charge in [-0.1, -0.05) is 47.6 Å². The van der Waals surface area contributed by atoms with E-state index in [4.69, 9.17) is 0 Å². The second-order valence-corrected chi connectivity index (χ2v) is 6.59. The normalized spacial score (nSPS) is 12.6. The molecule has 0 amide bonds. The molecule has 2 heteroatoms. The number of hydrogen-bond donors (Lipinski definition) is 0. The van der Waals surface area contributed by atoms with E-state index in [-0.39, 0.29) is 16.4 Å². The van der Waals surface area contributed by atoms with Gasteiger partial charge in [0.25, 0.3) is 0 Å². The molecule has 0 bridgehead atoms. The van der Waals surface area contributed by atoms with Crippen LogP contribution in [0.2, 0.25) is 0 Å². The first-order valence-electron chi connectivity index (χ1n) is 5.89. The highest BCUT2D eigenvalue weighted by atomic mass is 16.4. The fourth-order valence-corrected chi connectivity index (χ4v) is 1.61. The zero-order chi connectivity index (χ0) is 13.4. The maximum absolute atomic E-state index is 11.0. The third kappa shape index (κ3) is 3.32. The van der Waals surface area contributed by atoms with Crippen LogP contribution in [0.15, 0.2) is 18.2 Å². The zero-order valence-corrected chi connectivity index (χ0v) is 11.5. The van der Waals surface area contributed by atoms with Crippen molar-refractivity contribution in [3.05, 3.63) is 34.9 Å². The molecule has 0 atom stereocenters. The largest absolute Gasteiger partial charge is 0.386 e. The van der Waals surface area contributed by atoms with Crippen molar-refractivity contribution in [3.8, 4) is 0 Å². The van der Waals surface area contributed by atoms with E-state index in [1.54, 1.807) is 12.1 Å². The summed E-state index contributed by atoms with van der Waals surface area (Å²) >= 11 is 0. The minimum Gasteiger partial charge on any atom is -0.242 e. The third-order valence-corrected chi connectivity index (χ3v) is 2.90. The SMILES string of the molecule is CC(C)(C)c1cc(C([O])=O)cc(C(C)(C)C)c1. The summed E-state index contributed by atoms with van der Waals surface area (Å²) in [5.41, 5.74) is 2.20. The molecule has 93 valence electrons. The first-order chi connectivity index (χ1) is 7.51. The first-order valence-corrected chi connectivity index (χ1v) is 5.89. The highest BCUT2D eigenvalue weighted by Gasteiger charge is 2.22. The number of carbonyl (C=O) groups excluding carboxylic acids is 1. The highest BCUT2D eigenvalue weighted by molar-refractivity contribution is 5.87. The summed E-state index contributed by atoms with van der Waals surface area (Å²) in [6, 6.07) is 5.52. The second-order valence-electron chi connectivity index (χ2n) is 6.59. The predicted octanol–water partition coefficient (Wildman–Crippen LogP) is 3.85. The lowest BCUT2D eigenvalue weighted by Gasteiger charge is -2.25. The van der Waals surface area contributed by atoms with Gasteiger partial charge >= 0.3 is 5.97 Å². The van der Waals surface area contributed by atoms with Crippen LogP contribution in [0.3, 0.4) is 0 Å². The quantitative estimate of drug-likeness (QED) is 0.725. The average Bonchev–Trinajstić information content (AvgIpc) is 2.14. The molecule has 0 saturated heterocycles. The predicted molar refractivity (Wildman–Crippen MR) is 68.9 cm³/mol. The van der Waals surface area contributed by atoms with Crippen molar-refractivity contribution < 1.29 is 9.90 Å². The molecule has 1 aromatic carbocycles. The zero-order valence-electron chi connectivity index (χ0n) is 11.5. The molecule has 0 aliphatic carbocycles. The lowest BCUT2D eigenvalue weighted by molar-refractivity contribution is 0.0573. The Hall–Kier alpha value is -1.31. The Kier molecular flexibility index (Phi) is 3.37. The summed E-state index contributed by atoms with van der Waals surface area (Å²) in [7, 11) is 0. The fourth-order valence-electron chi connectivity index (χ4n) is 1.61. The Morgan fingerprint density at radius 3 is 1.41 bits per heavy atom. The molecule has 0 unspecified atom stereocenters. The molecule has 17 heavy (non-hydrogen) atoms. The van der Waals surface area contributed by atoms with Gasteiger partial charge in [-0.3, -0.25) is 0 Å². The molecule has 0 spiro atoms. The van der Waals surface area contributed by atoms with Crippen molar-refractivity contribution in [2.75, 3.05) is 0 Å². The van der Waals surface area contributed by atoms with Gasteiger partial charge < -0.3 is 0 Å². The number of carbonyl (C=O) groups is 1. The van der Waals surface area contributed by atoms with Crippen LogP contribution in [0.1, 0.15) is 63.0 Å². The van der Waals surface area contributed by atoms with Crippen LogP contribution in [-0.4, -0.2) is 5.97 Å². The van der Waals surface area contributed by atoms with Crippen molar-refractivity contribution in [3.63, 3.8) is 0 Å². The summed E-state index contributed by atoms with van der Waals surface area (Å²) < 4.78 is 0. The standard InChI is InChI=1S/C15H21O2/c1-14(2,3)11-7-10(13(16)17)8-12(9-11)15(4,5)6/h7-9H,1-6H3. The van der Waals surface area contributed by atoms with E-state index in [9.17, 15) is 9.90 Å². The Labute approximate surface area is 104 Å². The van der Waals surface area contributed by atoms with Gasteiger partial charge in [0.2, 0.25) is 0 Å².